The molecule has 0 bridgehead atoms. The van der Waals surface area contributed by atoms with Crippen molar-refractivity contribution in [1.82, 2.24) is 31.9 Å². The van der Waals surface area contributed by atoms with Crippen molar-refractivity contribution in [2.45, 2.75) is 114 Å². The van der Waals surface area contributed by atoms with E-state index >= 15 is 0 Å². The predicted octanol–water partition coefficient (Wildman–Crippen LogP) is -6.30. The summed E-state index contributed by atoms with van der Waals surface area (Å²) >= 11 is 0. The Morgan fingerprint density at radius 2 is 1.00 bits per heavy atom. The number of nitrogens with two attached hydrogens (primary N) is 2. The highest BCUT2D eigenvalue weighted by Gasteiger charge is 2.35. The van der Waals surface area contributed by atoms with Gasteiger partial charge >= 0.3 is 11.9 Å². The standard InChI is InChI=1S/C30H54N8O14/c1-13(2)9-18(26(47)38-23(15(4)42)29(50)36-20(12-40)30(51)52)34-25(46)17(7-5-6-8-31)33-27(48)19(11-39)35-28(49)22(14(3)41)37-24(45)16(32)10-21(43)44/h13-20,22-23,39-42H,5-12,31-32H2,1-4H3,(H,33,48)(H,34,46)(H,35,49)(H,36,50)(H,37,45)(H,38,47)(H,43,44)(H,51,52). The molecule has 0 aliphatic heterocycles. The highest BCUT2D eigenvalue weighted by Crippen LogP contribution is 2.09. The van der Waals surface area contributed by atoms with Gasteiger partial charge in [0.15, 0.2) is 0 Å². The summed E-state index contributed by atoms with van der Waals surface area (Å²) in [5.74, 6) is -9.56. The summed E-state index contributed by atoms with van der Waals surface area (Å²) in [6.45, 7) is 3.89. The average Bonchev–Trinajstić information content (AvgIpc) is 3.04. The molecule has 0 aromatic rings. The van der Waals surface area contributed by atoms with Gasteiger partial charge in [-0.1, -0.05) is 13.8 Å². The van der Waals surface area contributed by atoms with Crippen molar-refractivity contribution in [3.8, 4) is 0 Å². The Balaban J connectivity index is 6.07. The lowest BCUT2D eigenvalue weighted by Crippen LogP contribution is -2.62. The third-order valence-corrected chi connectivity index (χ3v) is 7.39. The van der Waals surface area contributed by atoms with E-state index in [-0.39, 0.29) is 25.3 Å². The van der Waals surface area contributed by atoms with Gasteiger partial charge in [-0.15, -0.1) is 0 Å². The first-order valence-corrected chi connectivity index (χ1v) is 16.5. The lowest BCUT2D eigenvalue weighted by Gasteiger charge is -2.28. The van der Waals surface area contributed by atoms with E-state index in [4.69, 9.17) is 21.7 Å². The molecule has 9 unspecified atom stereocenters. The first-order chi connectivity index (χ1) is 24.2. The van der Waals surface area contributed by atoms with Gasteiger partial charge in [-0.25, -0.2) is 4.79 Å². The van der Waals surface area contributed by atoms with Gasteiger partial charge in [0, 0.05) is 0 Å². The molecular weight excluding hydrogens is 696 g/mol. The van der Waals surface area contributed by atoms with E-state index in [1.165, 1.54) is 0 Å². The number of unbranched alkanes of at least 4 members (excludes halogenated alkanes) is 1. The Hall–Kier alpha value is -4.48. The van der Waals surface area contributed by atoms with E-state index < -0.39 is 122 Å². The molecule has 0 rings (SSSR count). The van der Waals surface area contributed by atoms with Gasteiger partial charge in [0.1, 0.15) is 36.3 Å². The topological polar surface area (TPSA) is 382 Å². The number of hydrogen-bond donors (Lipinski definition) is 14. The maximum atomic E-state index is 13.5. The largest absolute Gasteiger partial charge is 0.481 e. The summed E-state index contributed by atoms with van der Waals surface area (Å²) in [7, 11) is 0. The Labute approximate surface area is 299 Å². The highest BCUT2D eigenvalue weighted by atomic mass is 16.4. The minimum atomic E-state index is -1.74. The fraction of sp³-hybridized carbons (Fsp3) is 0.733. The molecule has 0 aromatic heterocycles. The van der Waals surface area contributed by atoms with Gasteiger partial charge < -0.3 is 74.0 Å². The maximum absolute atomic E-state index is 13.5. The molecule has 0 saturated carbocycles. The van der Waals surface area contributed by atoms with Gasteiger partial charge in [-0.3, -0.25) is 33.6 Å². The molecule has 0 aromatic carbocycles. The zero-order chi connectivity index (χ0) is 40.3. The van der Waals surface area contributed by atoms with E-state index in [2.05, 4.69) is 26.6 Å². The van der Waals surface area contributed by atoms with Crippen LogP contribution in [0, 0.1) is 5.92 Å². The van der Waals surface area contributed by atoms with Crippen LogP contribution in [0.4, 0.5) is 0 Å². The average molecular weight is 751 g/mol. The fourth-order valence-corrected chi connectivity index (χ4v) is 4.52. The van der Waals surface area contributed by atoms with Crippen molar-refractivity contribution in [3.63, 3.8) is 0 Å². The second kappa shape index (κ2) is 23.9. The van der Waals surface area contributed by atoms with Crippen LogP contribution >= 0.6 is 0 Å². The van der Waals surface area contributed by atoms with Crippen molar-refractivity contribution in [2.75, 3.05) is 19.8 Å². The lowest BCUT2D eigenvalue weighted by molar-refractivity contribution is -0.144. The van der Waals surface area contributed by atoms with Crippen LogP contribution in [-0.4, -0.2) is 152 Å². The normalized spacial score (nSPS) is 16.4. The molecule has 0 radical (unpaired) electrons. The Morgan fingerprint density at radius 3 is 1.42 bits per heavy atom. The number of carboxylic acid groups (broad SMARTS) is 2. The number of amides is 6. The SMILES string of the molecule is CC(C)CC(NC(=O)C(CCCCN)NC(=O)C(CO)NC(=O)C(NC(=O)C(N)CC(=O)O)C(C)O)C(=O)NC(C(=O)NC(CO)C(=O)O)C(C)O. The van der Waals surface area contributed by atoms with Gasteiger partial charge in [0.2, 0.25) is 35.4 Å². The molecule has 22 nitrogen and oxygen atoms in total. The molecule has 22 heteroatoms. The van der Waals surface area contributed by atoms with Crippen LogP contribution in [0.5, 0.6) is 0 Å². The highest BCUT2D eigenvalue weighted by molar-refractivity contribution is 5.97. The molecule has 0 saturated heterocycles. The molecule has 0 fully saturated rings. The lowest BCUT2D eigenvalue weighted by atomic mass is 10.0. The number of rotatable bonds is 25. The van der Waals surface area contributed by atoms with E-state index in [1.807, 2.05) is 5.32 Å². The Kier molecular flexibility index (Phi) is 21.8. The van der Waals surface area contributed by atoms with Crippen molar-refractivity contribution in [3.05, 3.63) is 0 Å². The number of hydrogen-bond acceptors (Lipinski definition) is 14. The second-order valence-corrected chi connectivity index (χ2v) is 12.5. The number of aliphatic carboxylic acids is 2. The Morgan fingerprint density at radius 1 is 0.577 bits per heavy atom. The number of carboxylic acids is 2. The molecule has 0 aliphatic rings. The van der Waals surface area contributed by atoms with Gasteiger partial charge in [0.25, 0.3) is 0 Å². The molecule has 298 valence electrons. The van der Waals surface area contributed by atoms with E-state index in [0.29, 0.717) is 12.8 Å². The molecule has 9 atom stereocenters. The molecule has 52 heavy (non-hydrogen) atoms. The molecule has 0 heterocycles. The second-order valence-electron chi connectivity index (χ2n) is 12.5. The number of aliphatic hydroxyl groups excluding tert-OH is 4. The third kappa shape index (κ3) is 17.2. The molecule has 6 amide bonds. The number of carbonyl (C=O) groups is 8. The fourth-order valence-electron chi connectivity index (χ4n) is 4.52. The summed E-state index contributed by atoms with van der Waals surface area (Å²) in [6.07, 6.45) is -3.27. The van der Waals surface area contributed by atoms with Crippen molar-refractivity contribution >= 4 is 47.4 Å². The van der Waals surface area contributed by atoms with Crippen LogP contribution in [0.25, 0.3) is 0 Å². The van der Waals surface area contributed by atoms with Gasteiger partial charge in [-0.05, 0) is 52.0 Å². The van der Waals surface area contributed by atoms with Crippen LogP contribution in [0.2, 0.25) is 0 Å². The minimum Gasteiger partial charge on any atom is -0.481 e. The van der Waals surface area contributed by atoms with Crippen molar-refractivity contribution < 1.29 is 69.0 Å². The van der Waals surface area contributed by atoms with Crippen LogP contribution in [0.15, 0.2) is 0 Å². The van der Waals surface area contributed by atoms with E-state index in [9.17, 15) is 58.8 Å². The quantitative estimate of drug-likeness (QED) is 0.0386. The summed E-state index contributed by atoms with van der Waals surface area (Å²) in [6, 6.07) is -11.2. The van der Waals surface area contributed by atoms with Crippen LogP contribution in [0.3, 0.4) is 0 Å². The minimum absolute atomic E-state index is 0.0124. The first kappa shape index (κ1) is 47.5. The third-order valence-electron chi connectivity index (χ3n) is 7.39. The Bertz CT molecular complexity index is 1230. The molecule has 0 aliphatic carbocycles. The summed E-state index contributed by atoms with van der Waals surface area (Å²) in [5.41, 5.74) is 11.1. The van der Waals surface area contributed by atoms with E-state index in [1.54, 1.807) is 13.8 Å². The van der Waals surface area contributed by atoms with Crippen LogP contribution in [-0.2, 0) is 38.4 Å². The van der Waals surface area contributed by atoms with Crippen LogP contribution in [0.1, 0.15) is 59.8 Å². The smallest absolute Gasteiger partial charge is 0.328 e. The monoisotopic (exact) mass is 750 g/mol. The van der Waals surface area contributed by atoms with Crippen molar-refractivity contribution in [2.24, 2.45) is 17.4 Å². The zero-order valence-corrected chi connectivity index (χ0v) is 29.5. The van der Waals surface area contributed by atoms with Gasteiger partial charge in [0.05, 0.1) is 37.9 Å². The predicted molar refractivity (Wildman–Crippen MR) is 179 cm³/mol. The molecule has 16 N–H and O–H groups in total. The first-order valence-electron chi connectivity index (χ1n) is 16.5. The maximum Gasteiger partial charge on any atom is 0.328 e. The van der Waals surface area contributed by atoms with E-state index in [0.717, 1.165) is 13.8 Å². The number of nitrogens with one attached hydrogen (secondary N) is 6. The number of carbonyl (C=O) groups excluding carboxylic acids is 6. The number of aliphatic hydroxyl groups is 4. The van der Waals surface area contributed by atoms with Crippen molar-refractivity contribution in [1.29, 1.82) is 0 Å². The zero-order valence-electron chi connectivity index (χ0n) is 29.5. The summed E-state index contributed by atoms with van der Waals surface area (Å²) < 4.78 is 0. The molecular formula is C30H54N8O14. The van der Waals surface area contributed by atoms with Crippen LogP contribution < -0.4 is 43.4 Å². The molecule has 0 spiro atoms. The summed E-state index contributed by atoms with van der Waals surface area (Å²) in [4.78, 5) is 100. The summed E-state index contributed by atoms with van der Waals surface area (Å²) in [5, 5.41) is 70.7. The van der Waals surface area contributed by atoms with Gasteiger partial charge in [-0.2, -0.15) is 0 Å².